The van der Waals surface area contributed by atoms with Gasteiger partial charge in [-0.3, -0.25) is 4.79 Å². The summed E-state index contributed by atoms with van der Waals surface area (Å²) >= 11 is 1.74. The van der Waals surface area contributed by atoms with Crippen LogP contribution < -0.4 is 29.2 Å². The smallest absolute Gasteiger partial charge is 0.227 e. The Hall–Kier alpha value is -3.65. The minimum atomic E-state index is -0.0238. The van der Waals surface area contributed by atoms with Crippen LogP contribution in [0.15, 0.2) is 47.8 Å². The number of thiophene rings is 1. The van der Waals surface area contributed by atoms with Gasteiger partial charge in [0, 0.05) is 19.0 Å². The lowest BCUT2D eigenvalue weighted by Gasteiger charge is -2.32. The number of carbonyl (C=O) groups excluding carboxylic acids is 1. The molecule has 0 radical (unpaired) electrons. The summed E-state index contributed by atoms with van der Waals surface area (Å²) < 4.78 is 21.8. The van der Waals surface area contributed by atoms with Gasteiger partial charge in [-0.15, -0.1) is 11.3 Å². The summed E-state index contributed by atoms with van der Waals surface area (Å²) in [7, 11) is 6.37. The minimum absolute atomic E-state index is 0.0238. The van der Waals surface area contributed by atoms with Crippen LogP contribution in [0.2, 0.25) is 0 Å². The van der Waals surface area contributed by atoms with Gasteiger partial charge in [0.2, 0.25) is 11.7 Å². The molecule has 8 heteroatoms. The number of anilines is 2. The number of ether oxygens (including phenoxy) is 4. The summed E-state index contributed by atoms with van der Waals surface area (Å²) in [5.41, 5.74) is 2.48. The van der Waals surface area contributed by atoms with E-state index in [0.717, 1.165) is 37.1 Å². The standard InChI is InChI=1S/C28H32N2O5S/c1-32-23-10-9-19(7-8-20-17-24(33-2)27(35-4)25(18-20)34-3)16-22(23)29-28(31)21-11-13-30(14-12-21)26-6-5-15-36-26/h5-10,15-18,21H,11-14H2,1-4H3,(H,29,31). The van der Waals surface area contributed by atoms with Crippen molar-refractivity contribution in [1.82, 2.24) is 0 Å². The maximum Gasteiger partial charge on any atom is 0.227 e. The van der Waals surface area contributed by atoms with E-state index >= 15 is 0 Å². The van der Waals surface area contributed by atoms with E-state index in [1.54, 1.807) is 39.8 Å². The molecule has 1 saturated heterocycles. The number of nitrogens with one attached hydrogen (secondary N) is 1. The third-order valence-corrected chi connectivity index (χ3v) is 7.25. The fourth-order valence-electron chi connectivity index (χ4n) is 4.36. The summed E-state index contributed by atoms with van der Waals surface area (Å²) in [5.74, 6) is 2.36. The molecule has 0 unspecified atom stereocenters. The molecule has 0 saturated carbocycles. The molecule has 0 bridgehead atoms. The van der Waals surface area contributed by atoms with Crippen molar-refractivity contribution in [3.63, 3.8) is 0 Å². The Bertz CT molecular complexity index is 1180. The van der Waals surface area contributed by atoms with Gasteiger partial charge >= 0.3 is 0 Å². The van der Waals surface area contributed by atoms with Crippen LogP contribution in [0.25, 0.3) is 12.2 Å². The van der Waals surface area contributed by atoms with Gasteiger partial charge in [0.15, 0.2) is 11.5 Å². The van der Waals surface area contributed by atoms with Gasteiger partial charge in [-0.2, -0.15) is 0 Å². The van der Waals surface area contributed by atoms with Gasteiger partial charge in [0.1, 0.15) is 5.75 Å². The normalized spacial score (nSPS) is 14.1. The number of nitrogens with zero attached hydrogens (tertiary/aromatic N) is 1. The topological polar surface area (TPSA) is 69.3 Å². The number of benzene rings is 2. The number of methoxy groups -OCH3 is 4. The maximum atomic E-state index is 13.1. The van der Waals surface area contributed by atoms with E-state index in [-0.39, 0.29) is 11.8 Å². The second-order valence-corrected chi connectivity index (χ2v) is 9.38. The zero-order valence-corrected chi connectivity index (χ0v) is 21.9. The van der Waals surface area contributed by atoms with Crippen LogP contribution in [0.5, 0.6) is 23.0 Å². The van der Waals surface area contributed by atoms with E-state index in [1.807, 2.05) is 42.5 Å². The van der Waals surface area contributed by atoms with Crippen LogP contribution >= 0.6 is 11.3 Å². The first-order valence-corrected chi connectivity index (χ1v) is 12.7. The van der Waals surface area contributed by atoms with Crippen molar-refractivity contribution in [2.45, 2.75) is 12.8 Å². The third kappa shape index (κ3) is 5.76. The number of amides is 1. The first-order chi connectivity index (χ1) is 17.6. The highest BCUT2D eigenvalue weighted by molar-refractivity contribution is 7.14. The number of carbonyl (C=O) groups is 1. The Labute approximate surface area is 216 Å². The van der Waals surface area contributed by atoms with Crippen molar-refractivity contribution in [1.29, 1.82) is 0 Å². The fourth-order valence-corrected chi connectivity index (χ4v) is 5.15. The van der Waals surface area contributed by atoms with Gasteiger partial charge in [-0.25, -0.2) is 0 Å². The van der Waals surface area contributed by atoms with E-state index in [2.05, 4.69) is 27.7 Å². The second kappa shape index (κ2) is 11.9. The Balaban J connectivity index is 1.47. The summed E-state index contributed by atoms with van der Waals surface area (Å²) in [6, 6.07) is 13.7. The molecule has 4 rings (SSSR count). The molecule has 3 aromatic rings. The summed E-state index contributed by atoms with van der Waals surface area (Å²) in [4.78, 5) is 15.4. The van der Waals surface area contributed by atoms with Crippen molar-refractivity contribution in [3.05, 3.63) is 59.0 Å². The Kier molecular flexibility index (Phi) is 8.38. The van der Waals surface area contributed by atoms with Crippen molar-refractivity contribution in [2.24, 2.45) is 5.92 Å². The van der Waals surface area contributed by atoms with Crippen LogP contribution in [-0.2, 0) is 4.79 Å². The number of rotatable bonds is 9. The summed E-state index contributed by atoms with van der Waals surface area (Å²) in [5, 5.41) is 6.45. The van der Waals surface area contributed by atoms with Crippen LogP contribution in [0.4, 0.5) is 10.7 Å². The van der Waals surface area contributed by atoms with Gasteiger partial charge in [0.05, 0.1) is 39.1 Å². The molecule has 2 aromatic carbocycles. The molecule has 1 N–H and O–H groups in total. The van der Waals surface area contributed by atoms with Crippen molar-refractivity contribution >= 4 is 40.1 Å². The molecule has 1 aliphatic rings. The lowest BCUT2D eigenvalue weighted by Crippen LogP contribution is -2.37. The van der Waals surface area contributed by atoms with Crippen LogP contribution in [-0.4, -0.2) is 47.4 Å². The largest absolute Gasteiger partial charge is 0.495 e. The zero-order valence-electron chi connectivity index (χ0n) is 21.1. The predicted octanol–water partition coefficient (Wildman–Crippen LogP) is 5.81. The van der Waals surface area contributed by atoms with E-state index in [0.29, 0.717) is 28.7 Å². The predicted molar refractivity (Wildman–Crippen MR) is 146 cm³/mol. The van der Waals surface area contributed by atoms with E-state index in [9.17, 15) is 4.79 Å². The Morgan fingerprint density at radius 1 is 0.889 bits per heavy atom. The average molecular weight is 509 g/mol. The molecule has 1 aromatic heterocycles. The molecular formula is C28H32N2O5S. The highest BCUT2D eigenvalue weighted by Gasteiger charge is 2.26. The van der Waals surface area contributed by atoms with E-state index in [4.69, 9.17) is 18.9 Å². The first kappa shape index (κ1) is 25.4. The lowest BCUT2D eigenvalue weighted by atomic mass is 9.96. The van der Waals surface area contributed by atoms with Gasteiger partial charge < -0.3 is 29.2 Å². The minimum Gasteiger partial charge on any atom is -0.495 e. The maximum absolute atomic E-state index is 13.1. The monoisotopic (exact) mass is 508 g/mol. The highest BCUT2D eigenvalue weighted by atomic mass is 32.1. The molecule has 1 fully saturated rings. The number of piperidine rings is 1. The molecule has 7 nitrogen and oxygen atoms in total. The van der Waals surface area contributed by atoms with Gasteiger partial charge in [0.25, 0.3) is 0 Å². The Morgan fingerprint density at radius 3 is 2.14 bits per heavy atom. The van der Waals surface area contributed by atoms with E-state index < -0.39 is 0 Å². The lowest BCUT2D eigenvalue weighted by molar-refractivity contribution is -0.120. The number of hydrogen-bond donors (Lipinski definition) is 1. The fraction of sp³-hybridized carbons (Fsp3) is 0.321. The average Bonchev–Trinajstić information content (AvgIpc) is 3.46. The molecule has 0 spiro atoms. The molecule has 2 heterocycles. The van der Waals surface area contributed by atoms with Gasteiger partial charge in [-0.05, 0) is 65.7 Å². The zero-order chi connectivity index (χ0) is 25.5. The number of hydrogen-bond acceptors (Lipinski definition) is 7. The first-order valence-electron chi connectivity index (χ1n) is 11.8. The van der Waals surface area contributed by atoms with Crippen molar-refractivity contribution in [2.75, 3.05) is 51.7 Å². The quantitative estimate of drug-likeness (QED) is 0.368. The summed E-state index contributed by atoms with van der Waals surface area (Å²) in [6.07, 6.45) is 5.58. The highest BCUT2D eigenvalue weighted by Crippen LogP contribution is 2.39. The van der Waals surface area contributed by atoms with Crippen LogP contribution in [0.1, 0.15) is 24.0 Å². The third-order valence-electron chi connectivity index (χ3n) is 6.32. The molecule has 1 amide bonds. The SMILES string of the molecule is COc1ccc(C=Cc2cc(OC)c(OC)c(OC)c2)cc1NC(=O)C1CCN(c2cccs2)CC1. The molecular weight excluding hydrogens is 476 g/mol. The molecule has 0 aliphatic carbocycles. The second-order valence-electron chi connectivity index (χ2n) is 8.45. The Morgan fingerprint density at radius 2 is 1.56 bits per heavy atom. The summed E-state index contributed by atoms with van der Waals surface area (Å²) in [6.45, 7) is 1.76. The van der Waals surface area contributed by atoms with Crippen molar-refractivity contribution in [3.8, 4) is 23.0 Å². The molecule has 190 valence electrons. The molecule has 1 aliphatic heterocycles. The molecule has 0 atom stereocenters. The molecule has 36 heavy (non-hydrogen) atoms. The van der Waals surface area contributed by atoms with Crippen molar-refractivity contribution < 1.29 is 23.7 Å². The van der Waals surface area contributed by atoms with Crippen LogP contribution in [0, 0.1) is 5.92 Å². The van der Waals surface area contributed by atoms with Crippen LogP contribution in [0.3, 0.4) is 0 Å². The van der Waals surface area contributed by atoms with E-state index in [1.165, 1.54) is 5.00 Å². The van der Waals surface area contributed by atoms with Gasteiger partial charge in [-0.1, -0.05) is 18.2 Å².